The van der Waals surface area contributed by atoms with Gasteiger partial charge in [-0.25, -0.2) is 0 Å². The van der Waals surface area contributed by atoms with E-state index < -0.39 is 0 Å². The summed E-state index contributed by atoms with van der Waals surface area (Å²) < 4.78 is 12.8. The van der Waals surface area contributed by atoms with E-state index in [9.17, 15) is 4.79 Å². The van der Waals surface area contributed by atoms with E-state index in [2.05, 4.69) is 34.6 Å². The van der Waals surface area contributed by atoms with Gasteiger partial charge in [0.15, 0.2) is 0 Å². The molecule has 22 heavy (non-hydrogen) atoms. The summed E-state index contributed by atoms with van der Waals surface area (Å²) in [6.45, 7) is 11.3. The summed E-state index contributed by atoms with van der Waals surface area (Å²) in [5.41, 5.74) is 5.59. The van der Waals surface area contributed by atoms with Crippen LogP contribution in [0.25, 0.3) is 0 Å². The van der Waals surface area contributed by atoms with Gasteiger partial charge in [-0.05, 0) is 49.4 Å². The van der Waals surface area contributed by atoms with Crippen LogP contribution < -0.4 is 5.73 Å². The van der Waals surface area contributed by atoms with Gasteiger partial charge in [0.1, 0.15) is 0 Å². The van der Waals surface area contributed by atoms with Gasteiger partial charge in [-0.15, -0.1) is 0 Å². The topological polar surface area (TPSA) is 61.6 Å². The van der Waals surface area contributed by atoms with Crippen molar-refractivity contribution in [2.75, 3.05) is 0 Å². The van der Waals surface area contributed by atoms with Gasteiger partial charge in [-0.2, -0.15) is 0 Å². The van der Waals surface area contributed by atoms with Crippen molar-refractivity contribution in [1.29, 1.82) is 0 Å². The molecule has 5 atom stereocenters. The van der Waals surface area contributed by atoms with Crippen molar-refractivity contribution in [3.05, 3.63) is 0 Å². The van der Waals surface area contributed by atoms with Crippen molar-refractivity contribution < 1.29 is 14.1 Å². The Kier molecular flexibility index (Phi) is 3.88. The highest BCUT2D eigenvalue weighted by atomic mass is 16.7. The number of hydrogen-bond donors (Lipinski definition) is 1. The largest absolute Gasteiger partial charge is 0.461 e. The maximum absolute atomic E-state index is 11.4. The molecule has 1 aliphatic heterocycles. The maximum Gasteiger partial charge on any atom is 0.461 e. The Bertz CT molecular complexity index is 467. The zero-order valence-corrected chi connectivity index (χ0v) is 14.6. The van der Waals surface area contributed by atoms with Crippen LogP contribution >= 0.6 is 0 Å². The Labute approximate surface area is 134 Å². The second kappa shape index (κ2) is 5.24. The monoisotopic (exact) mass is 307 g/mol. The van der Waals surface area contributed by atoms with Crippen LogP contribution in [0.1, 0.15) is 60.3 Å². The number of hydrogen-bond acceptors (Lipinski definition) is 3. The normalized spacial score (nSPS) is 40.3. The molecule has 5 heteroatoms. The van der Waals surface area contributed by atoms with Crippen LogP contribution in [0, 0.1) is 23.2 Å². The molecule has 4 aliphatic rings. The third kappa shape index (κ3) is 2.41. The number of carbonyl (C=O) groups is 1. The molecule has 4 fully saturated rings. The van der Waals surface area contributed by atoms with E-state index in [1.165, 1.54) is 6.42 Å². The van der Waals surface area contributed by atoms with E-state index >= 15 is 0 Å². The first-order valence-corrected chi connectivity index (χ1v) is 8.76. The van der Waals surface area contributed by atoms with Crippen molar-refractivity contribution in [3.63, 3.8) is 0 Å². The van der Waals surface area contributed by atoms with Crippen LogP contribution in [0.5, 0.6) is 0 Å². The molecule has 0 spiro atoms. The van der Waals surface area contributed by atoms with Gasteiger partial charge in [0.25, 0.3) is 0 Å². The lowest BCUT2D eigenvalue weighted by atomic mass is 9.43. The smallest absolute Gasteiger partial charge is 0.405 e. The molecule has 2 bridgehead atoms. The molecule has 0 aromatic carbocycles. The van der Waals surface area contributed by atoms with Crippen molar-refractivity contribution in [2.24, 2.45) is 28.9 Å². The summed E-state index contributed by atoms with van der Waals surface area (Å²) in [7, 11) is -0.278. The second-order valence-corrected chi connectivity index (χ2v) is 8.90. The fourth-order valence-corrected chi connectivity index (χ4v) is 5.26. The summed E-state index contributed by atoms with van der Waals surface area (Å²) >= 11 is 0. The first-order valence-electron chi connectivity index (χ1n) is 8.76. The fourth-order valence-electron chi connectivity index (χ4n) is 5.26. The Morgan fingerprint density at radius 1 is 1.32 bits per heavy atom. The van der Waals surface area contributed by atoms with Crippen LogP contribution in [0.15, 0.2) is 0 Å². The zero-order valence-electron chi connectivity index (χ0n) is 14.6. The highest BCUT2D eigenvalue weighted by Crippen LogP contribution is 2.66. The molecule has 1 amide bonds. The lowest BCUT2D eigenvalue weighted by molar-refractivity contribution is -0.199. The molecule has 1 heterocycles. The lowest BCUT2D eigenvalue weighted by Crippen LogP contribution is -2.65. The third-order valence-corrected chi connectivity index (χ3v) is 6.59. The first-order chi connectivity index (χ1) is 10.1. The van der Waals surface area contributed by atoms with Gasteiger partial charge in [0.05, 0.1) is 11.7 Å². The van der Waals surface area contributed by atoms with E-state index in [1.807, 2.05) is 0 Å². The van der Waals surface area contributed by atoms with E-state index in [-0.39, 0.29) is 30.5 Å². The molecule has 4 nitrogen and oxygen atoms in total. The molecule has 0 unspecified atom stereocenters. The van der Waals surface area contributed by atoms with Gasteiger partial charge in [-0.1, -0.05) is 27.7 Å². The van der Waals surface area contributed by atoms with Crippen LogP contribution in [0.4, 0.5) is 0 Å². The number of rotatable bonds is 5. The molecule has 4 rings (SSSR count). The average molecular weight is 307 g/mol. The highest BCUT2D eigenvalue weighted by molar-refractivity contribution is 6.47. The molecule has 3 saturated carbocycles. The predicted molar refractivity (Wildman–Crippen MR) is 87.1 cm³/mol. The standard InChI is InChI=1S/C17H30BNO3/c1-10(2)6-12(9-15(19)20)18-21-14-8-11-7-13(16(11,3)4)17(14,5)22-18/h10-14H,6-9H2,1-5H3,(H2,19,20)/t11-,12+,13-,14+,17-/m0/s1. The van der Waals surface area contributed by atoms with E-state index in [1.54, 1.807) is 0 Å². The van der Waals surface area contributed by atoms with Crippen LogP contribution in [0.2, 0.25) is 5.82 Å². The minimum absolute atomic E-state index is 0.0697. The summed E-state index contributed by atoms with van der Waals surface area (Å²) in [6.07, 6.45) is 3.77. The van der Waals surface area contributed by atoms with Crippen LogP contribution in [-0.2, 0) is 14.1 Å². The van der Waals surface area contributed by atoms with Gasteiger partial charge in [-0.3, -0.25) is 4.79 Å². The molecule has 0 aromatic rings. The molecule has 3 aliphatic carbocycles. The minimum Gasteiger partial charge on any atom is -0.405 e. The van der Waals surface area contributed by atoms with Gasteiger partial charge in [0, 0.05) is 12.2 Å². The zero-order chi connectivity index (χ0) is 16.3. The lowest BCUT2D eigenvalue weighted by Gasteiger charge is -2.64. The summed E-state index contributed by atoms with van der Waals surface area (Å²) in [6, 6.07) is 0. The summed E-state index contributed by atoms with van der Waals surface area (Å²) in [5, 5.41) is 0. The van der Waals surface area contributed by atoms with E-state index in [4.69, 9.17) is 15.0 Å². The quantitative estimate of drug-likeness (QED) is 0.794. The summed E-state index contributed by atoms with van der Waals surface area (Å²) in [4.78, 5) is 11.4. The molecular weight excluding hydrogens is 277 g/mol. The Morgan fingerprint density at radius 3 is 2.55 bits per heavy atom. The molecule has 0 aromatic heterocycles. The maximum atomic E-state index is 11.4. The van der Waals surface area contributed by atoms with Crippen LogP contribution in [-0.4, -0.2) is 24.7 Å². The Hall–Kier alpha value is -0.545. The fraction of sp³-hybridized carbons (Fsp3) is 0.941. The number of amides is 1. The first kappa shape index (κ1) is 16.3. The highest BCUT2D eigenvalue weighted by Gasteiger charge is 2.68. The van der Waals surface area contributed by atoms with E-state index in [0.29, 0.717) is 23.7 Å². The Morgan fingerprint density at radius 2 is 2.00 bits per heavy atom. The average Bonchev–Trinajstić information content (AvgIpc) is 2.73. The van der Waals surface area contributed by atoms with Gasteiger partial charge < -0.3 is 15.0 Å². The predicted octanol–water partition coefficient (Wildman–Crippen LogP) is 3.01. The number of primary amides is 1. The number of carbonyl (C=O) groups excluding carboxylic acids is 1. The van der Waals surface area contributed by atoms with Gasteiger partial charge >= 0.3 is 7.12 Å². The van der Waals surface area contributed by atoms with Gasteiger partial charge in [0.2, 0.25) is 5.91 Å². The third-order valence-electron chi connectivity index (χ3n) is 6.59. The molecule has 124 valence electrons. The second-order valence-electron chi connectivity index (χ2n) is 8.90. The van der Waals surface area contributed by atoms with E-state index in [0.717, 1.165) is 18.8 Å². The van der Waals surface area contributed by atoms with Crippen LogP contribution in [0.3, 0.4) is 0 Å². The molecule has 1 saturated heterocycles. The molecule has 2 N–H and O–H groups in total. The summed E-state index contributed by atoms with van der Waals surface area (Å²) in [5.74, 6) is 1.61. The van der Waals surface area contributed by atoms with Crippen molar-refractivity contribution in [3.8, 4) is 0 Å². The molecule has 0 radical (unpaired) electrons. The van der Waals surface area contributed by atoms with Crippen molar-refractivity contribution in [1.82, 2.24) is 0 Å². The molecular formula is C17H30BNO3. The van der Waals surface area contributed by atoms with Crippen molar-refractivity contribution in [2.45, 2.75) is 77.8 Å². The number of nitrogens with two attached hydrogens (primary N) is 1. The van der Waals surface area contributed by atoms with Crippen molar-refractivity contribution >= 4 is 13.0 Å². The SMILES string of the molecule is CC(C)C[C@H](CC(N)=O)B1O[C@@H]2C[C@@H]3C[C@@H](C3(C)C)[C@]2(C)O1. The minimum atomic E-state index is -0.278. The Balaban J connectivity index is 1.76.